The summed E-state index contributed by atoms with van der Waals surface area (Å²) in [6, 6.07) is 5.18. The van der Waals surface area contributed by atoms with Gasteiger partial charge in [-0.05, 0) is 48.9 Å². The highest BCUT2D eigenvalue weighted by molar-refractivity contribution is 5.27. The number of hydrogen-bond acceptors (Lipinski definition) is 1. The summed E-state index contributed by atoms with van der Waals surface area (Å²) in [4.78, 5) is 0. The van der Waals surface area contributed by atoms with Crippen molar-refractivity contribution in [1.82, 2.24) is 0 Å². The number of benzene rings is 1. The molecule has 2 N–H and O–H groups in total. The summed E-state index contributed by atoms with van der Waals surface area (Å²) in [5, 5.41) is 0. The summed E-state index contributed by atoms with van der Waals surface area (Å²) < 4.78 is 13.3. The third-order valence-corrected chi connectivity index (χ3v) is 4.40. The minimum Gasteiger partial charge on any atom is -0.327 e. The molecule has 0 heterocycles. The van der Waals surface area contributed by atoms with Gasteiger partial charge < -0.3 is 5.73 Å². The molecule has 2 rings (SSSR count). The molecular weight excluding hydrogens is 237 g/mol. The van der Waals surface area contributed by atoms with Gasteiger partial charge >= 0.3 is 0 Å². The van der Waals surface area contributed by atoms with E-state index in [9.17, 15) is 4.39 Å². The van der Waals surface area contributed by atoms with Gasteiger partial charge in [-0.3, -0.25) is 0 Å². The lowest BCUT2D eigenvalue weighted by atomic mass is 9.89. The second kappa shape index (κ2) is 7.04. The zero-order valence-electron chi connectivity index (χ0n) is 12.0. The Labute approximate surface area is 116 Å². The molecule has 106 valence electrons. The summed E-state index contributed by atoms with van der Waals surface area (Å²) in [5.41, 5.74) is 8.51. The second-order valence-electron chi connectivity index (χ2n) is 6.13. The van der Waals surface area contributed by atoms with Crippen LogP contribution in [0.3, 0.4) is 0 Å². The van der Waals surface area contributed by atoms with Crippen molar-refractivity contribution < 1.29 is 4.39 Å². The lowest BCUT2D eigenvalue weighted by Gasteiger charge is -2.20. The van der Waals surface area contributed by atoms with Gasteiger partial charge in [-0.1, -0.05) is 44.6 Å². The molecule has 0 aliphatic heterocycles. The van der Waals surface area contributed by atoms with Crippen LogP contribution < -0.4 is 5.73 Å². The van der Waals surface area contributed by atoms with Gasteiger partial charge in [0.05, 0.1) is 0 Å². The van der Waals surface area contributed by atoms with Crippen molar-refractivity contribution >= 4 is 0 Å². The van der Waals surface area contributed by atoms with Gasteiger partial charge in [0, 0.05) is 6.04 Å². The highest BCUT2D eigenvalue weighted by Gasteiger charge is 2.16. The van der Waals surface area contributed by atoms with Crippen LogP contribution in [0.2, 0.25) is 0 Å². The first-order valence-electron chi connectivity index (χ1n) is 7.66. The van der Waals surface area contributed by atoms with Crippen LogP contribution in [-0.4, -0.2) is 6.04 Å². The molecule has 0 spiro atoms. The molecule has 1 unspecified atom stereocenters. The third-order valence-electron chi connectivity index (χ3n) is 4.40. The molecule has 1 aromatic carbocycles. The Bertz CT molecular complexity index is 394. The number of nitrogens with two attached hydrogens (primary N) is 1. The van der Waals surface area contributed by atoms with E-state index in [2.05, 4.69) is 0 Å². The van der Waals surface area contributed by atoms with Gasteiger partial charge in [0.2, 0.25) is 0 Å². The number of halogens is 1. The van der Waals surface area contributed by atoms with Gasteiger partial charge in [-0.25, -0.2) is 4.39 Å². The Morgan fingerprint density at radius 2 is 1.89 bits per heavy atom. The van der Waals surface area contributed by atoms with Crippen molar-refractivity contribution in [2.75, 3.05) is 0 Å². The third kappa shape index (κ3) is 4.61. The minimum atomic E-state index is -0.151. The van der Waals surface area contributed by atoms with Crippen molar-refractivity contribution in [3.63, 3.8) is 0 Å². The van der Waals surface area contributed by atoms with E-state index in [1.165, 1.54) is 44.6 Å². The molecule has 2 heteroatoms. The van der Waals surface area contributed by atoms with E-state index in [-0.39, 0.29) is 11.9 Å². The zero-order valence-corrected chi connectivity index (χ0v) is 12.0. The lowest BCUT2D eigenvalue weighted by molar-refractivity contribution is 0.386. The zero-order chi connectivity index (χ0) is 13.7. The van der Waals surface area contributed by atoms with Crippen molar-refractivity contribution in [2.24, 2.45) is 11.7 Å². The predicted molar refractivity (Wildman–Crippen MR) is 78.6 cm³/mol. The maximum atomic E-state index is 13.3. The molecule has 19 heavy (non-hydrogen) atoms. The van der Waals surface area contributed by atoms with Crippen molar-refractivity contribution in [3.05, 3.63) is 35.1 Å². The first-order chi connectivity index (χ1) is 9.15. The molecule has 1 saturated carbocycles. The van der Waals surface area contributed by atoms with Gasteiger partial charge in [-0.2, -0.15) is 0 Å². The van der Waals surface area contributed by atoms with E-state index in [4.69, 9.17) is 5.73 Å². The summed E-state index contributed by atoms with van der Waals surface area (Å²) >= 11 is 0. The quantitative estimate of drug-likeness (QED) is 0.802. The SMILES string of the molecule is Cc1ccc(F)cc1CC(N)CC1CCCCCC1. The first-order valence-corrected chi connectivity index (χ1v) is 7.66. The molecule has 1 aliphatic carbocycles. The van der Waals surface area contributed by atoms with Gasteiger partial charge in [-0.15, -0.1) is 0 Å². The highest BCUT2D eigenvalue weighted by Crippen LogP contribution is 2.27. The highest BCUT2D eigenvalue weighted by atomic mass is 19.1. The van der Waals surface area contributed by atoms with E-state index < -0.39 is 0 Å². The molecule has 0 saturated heterocycles. The average Bonchev–Trinajstić information content (AvgIpc) is 2.62. The summed E-state index contributed by atoms with van der Waals surface area (Å²) in [5.74, 6) is 0.633. The molecule has 1 atom stereocenters. The van der Waals surface area contributed by atoms with E-state index in [0.29, 0.717) is 0 Å². The fourth-order valence-electron chi connectivity index (χ4n) is 3.25. The summed E-state index contributed by atoms with van der Waals surface area (Å²) in [7, 11) is 0. The van der Waals surface area contributed by atoms with Gasteiger partial charge in [0.25, 0.3) is 0 Å². The molecule has 0 bridgehead atoms. The Hall–Kier alpha value is -0.890. The number of rotatable bonds is 4. The predicted octanol–water partition coefficient (Wildman–Crippen LogP) is 4.36. The topological polar surface area (TPSA) is 26.0 Å². The van der Waals surface area contributed by atoms with E-state index in [0.717, 1.165) is 29.9 Å². The molecule has 1 nitrogen and oxygen atoms in total. The van der Waals surface area contributed by atoms with Crippen molar-refractivity contribution in [3.8, 4) is 0 Å². The maximum absolute atomic E-state index is 13.3. The molecule has 0 radical (unpaired) electrons. The van der Waals surface area contributed by atoms with E-state index >= 15 is 0 Å². The van der Waals surface area contributed by atoms with Crippen LogP contribution in [0.25, 0.3) is 0 Å². The van der Waals surface area contributed by atoms with Crippen LogP contribution in [0, 0.1) is 18.7 Å². The molecule has 1 aliphatic rings. The summed E-state index contributed by atoms with van der Waals surface area (Å²) in [6.45, 7) is 2.03. The fraction of sp³-hybridized carbons (Fsp3) is 0.647. The van der Waals surface area contributed by atoms with Crippen LogP contribution >= 0.6 is 0 Å². The van der Waals surface area contributed by atoms with Crippen LogP contribution in [0.15, 0.2) is 18.2 Å². The molecule has 1 fully saturated rings. The van der Waals surface area contributed by atoms with Crippen molar-refractivity contribution in [1.29, 1.82) is 0 Å². The largest absolute Gasteiger partial charge is 0.327 e. The maximum Gasteiger partial charge on any atom is 0.123 e. The Balaban J connectivity index is 1.89. The molecule has 0 aromatic heterocycles. The molecule has 1 aromatic rings. The van der Waals surface area contributed by atoms with Crippen LogP contribution in [0.4, 0.5) is 4.39 Å². The summed E-state index contributed by atoms with van der Waals surface area (Å²) in [6.07, 6.45) is 10.0. The van der Waals surface area contributed by atoms with Crippen LogP contribution in [0.5, 0.6) is 0 Å². The van der Waals surface area contributed by atoms with E-state index in [1.54, 1.807) is 6.07 Å². The minimum absolute atomic E-state index is 0.151. The number of hydrogen-bond donors (Lipinski definition) is 1. The van der Waals surface area contributed by atoms with Crippen molar-refractivity contribution in [2.45, 2.75) is 64.3 Å². The Morgan fingerprint density at radius 1 is 1.21 bits per heavy atom. The van der Waals surface area contributed by atoms with Crippen LogP contribution in [0.1, 0.15) is 56.1 Å². The first kappa shape index (κ1) is 14.5. The molecular formula is C17H26FN. The number of aryl methyl sites for hydroxylation is 1. The smallest absolute Gasteiger partial charge is 0.123 e. The average molecular weight is 263 g/mol. The fourth-order valence-corrected chi connectivity index (χ4v) is 3.25. The van der Waals surface area contributed by atoms with Gasteiger partial charge in [0.1, 0.15) is 5.82 Å². The second-order valence-corrected chi connectivity index (χ2v) is 6.13. The Morgan fingerprint density at radius 3 is 2.58 bits per heavy atom. The Kier molecular flexibility index (Phi) is 5.38. The standard InChI is InChI=1S/C17H26FN/c1-13-8-9-16(18)11-15(13)12-17(19)10-14-6-4-2-3-5-7-14/h8-9,11,14,17H,2-7,10,12,19H2,1H3. The van der Waals surface area contributed by atoms with E-state index in [1.807, 2.05) is 13.0 Å². The molecule has 0 amide bonds. The van der Waals surface area contributed by atoms with Crippen LogP contribution in [-0.2, 0) is 6.42 Å². The lowest BCUT2D eigenvalue weighted by Crippen LogP contribution is -2.26. The van der Waals surface area contributed by atoms with Gasteiger partial charge in [0.15, 0.2) is 0 Å². The normalized spacial score (nSPS) is 19.1. The monoisotopic (exact) mass is 263 g/mol.